The largest absolute Gasteiger partial charge is 0.481 e. The van der Waals surface area contributed by atoms with Crippen LogP contribution in [0.2, 0.25) is 0 Å². The molecule has 0 bridgehead atoms. The summed E-state index contributed by atoms with van der Waals surface area (Å²) in [6.45, 7) is -1.47. The number of nitrogens with zero attached hydrogens (tertiary/aromatic N) is 2. The third kappa shape index (κ3) is 3.79. The van der Waals surface area contributed by atoms with Crippen LogP contribution in [-0.4, -0.2) is 37.0 Å². The van der Waals surface area contributed by atoms with Crippen LogP contribution in [0, 0.1) is 0 Å². The summed E-state index contributed by atoms with van der Waals surface area (Å²) in [6.07, 6.45) is -4.44. The summed E-state index contributed by atoms with van der Waals surface area (Å²) in [5.74, 6) is 0.119. The second-order valence-electron chi connectivity index (χ2n) is 2.64. The van der Waals surface area contributed by atoms with Crippen LogP contribution in [0.1, 0.15) is 0 Å². The number of hydrogen-bond acceptors (Lipinski definition) is 5. The van der Waals surface area contributed by atoms with Gasteiger partial charge in [-0.1, -0.05) is 0 Å². The Kier molecular flexibility index (Phi) is 3.75. The van der Waals surface area contributed by atoms with Crippen LogP contribution in [0.5, 0.6) is 17.8 Å². The number of ether oxygens (including phenoxy) is 3. The van der Waals surface area contributed by atoms with Crippen molar-refractivity contribution >= 4 is 0 Å². The molecular weight excluding hydrogens is 229 g/mol. The standard InChI is InChI=1S/C8H9F3N2O3/c1-14-5-3-6(15-2)13-7(12-5)16-4-8(9,10)11/h3H,4H2,1-2H3. The second-order valence-corrected chi connectivity index (χ2v) is 2.64. The van der Waals surface area contributed by atoms with Gasteiger partial charge in [0.25, 0.3) is 0 Å². The van der Waals surface area contributed by atoms with Gasteiger partial charge in [-0.15, -0.1) is 0 Å². The Morgan fingerprint density at radius 3 is 2.00 bits per heavy atom. The third-order valence-electron chi connectivity index (χ3n) is 1.44. The van der Waals surface area contributed by atoms with Crippen molar-refractivity contribution in [3.63, 3.8) is 0 Å². The molecule has 0 amide bonds. The summed E-state index contributed by atoms with van der Waals surface area (Å²) in [5, 5.41) is 0. The Morgan fingerprint density at radius 2 is 1.62 bits per heavy atom. The molecular formula is C8H9F3N2O3. The van der Waals surface area contributed by atoms with Crippen molar-refractivity contribution in [2.75, 3.05) is 20.8 Å². The van der Waals surface area contributed by atoms with Crippen LogP contribution in [0.25, 0.3) is 0 Å². The first-order valence-electron chi connectivity index (χ1n) is 4.11. The summed E-state index contributed by atoms with van der Waals surface area (Å²) in [6, 6.07) is 0.869. The molecule has 0 saturated carbocycles. The maximum atomic E-state index is 11.9. The smallest absolute Gasteiger partial charge is 0.422 e. The highest BCUT2D eigenvalue weighted by molar-refractivity contribution is 5.22. The van der Waals surface area contributed by atoms with Crippen molar-refractivity contribution in [2.45, 2.75) is 6.18 Å². The van der Waals surface area contributed by atoms with Gasteiger partial charge in [0.05, 0.1) is 20.3 Å². The minimum atomic E-state index is -4.44. The van der Waals surface area contributed by atoms with Crippen LogP contribution in [0.3, 0.4) is 0 Å². The van der Waals surface area contributed by atoms with Gasteiger partial charge in [0.1, 0.15) is 0 Å². The SMILES string of the molecule is COc1cc(OC)nc(OCC(F)(F)F)n1. The van der Waals surface area contributed by atoms with Crippen LogP contribution in [0.4, 0.5) is 13.2 Å². The molecule has 0 aromatic carbocycles. The molecule has 0 atom stereocenters. The van der Waals surface area contributed by atoms with E-state index in [2.05, 4.69) is 14.7 Å². The molecule has 0 aliphatic rings. The molecule has 1 rings (SSSR count). The summed E-state index contributed by atoms with van der Waals surface area (Å²) in [7, 11) is 2.63. The van der Waals surface area contributed by atoms with E-state index in [1.807, 2.05) is 0 Å². The highest BCUT2D eigenvalue weighted by Gasteiger charge is 2.29. The first-order chi connectivity index (χ1) is 7.44. The average Bonchev–Trinajstić information content (AvgIpc) is 2.25. The number of rotatable bonds is 4. The molecule has 0 unspecified atom stereocenters. The highest BCUT2D eigenvalue weighted by Crippen LogP contribution is 2.21. The van der Waals surface area contributed by atoms with Crippen molar-refractivity contribution in [3.8, 4) is 17.8 Å². The first kappa shape index (κ1) is 12.3. The van der Waals surface area contributed by atoms with Crippen molar-refractivity contribution in [3.05, 3.63) is 6.07 Å². The molecule has 0 spiro atoms. The topological polar surface area (TPSA) is 53.5 Å². The molecule has 1 aromatic heterocycles. The summed E-state index contributed by atoms with van der Waals surface area (Å²) < 4.78 is 49.4. The molecule has 8 heteroatoms. The van der Waals surface area contributed by atoms with E-state index >= 15 is 0 Å². The molecule has 0 fully saturated rings. The average molecular weight is 238 g/mol. The minimum Gasteiger partial charge on any atom is -0.481 e. The van der Waals surface area contributed by atoms with Gasteiger partial charge in [0.2, 0.25) is 11.8 Å². The Bertz CT molecular complexity index is 335. The van der Waals surface area contributed by atoms with E-state index in [1.54, 1.807) is 0 Å². The molecule has 0 saturated heterocycles. The third-order valence-corrected chi connectivity index (χ3v) is 1.44. The van der Waals surface area contributed by atoms with Gasteiger partial charge < -0.3 is 14.2 Å². The monoisotopic (exact) mass is 238 g/mol. The fourth-order valence-electron chi connectivity index (χ4n) is 0.804. The lowest BCUT2D eigenvalue weighted by Crippen LogP contribution is -2.20. The van der Waals surface area contributed by atoms with E-state index in [-0.39, 0.29) is 11.8 Å². The molecule has 0 N–H and O–H groups in total. The van der Waals surface area contributed by atoms with E-state index < -0.39 is 18.8 Å². The number of halogens is 3. The van der Waals surface area contributed by atoms with Crippen LogP contribution in [-0.2, 0) is 0 Å². The zero-order chi connectivity index (χ0) is 12.2. The lowest BCUT2D eigenvalue weighted by molar-refractivity contribution is -0.154. The lowest BCUT2D eigenvalue weighted by atomic mass is 10.6. The van der Waals surface area contributed by atoms with E-state index in [4.69, 9.17) is 9.47 Å². The van der Waals surface area contributed by atoms with E-state index in [1.165, 1.54) is 20.3 Å². The number of alkyl halides is 3. The molecule has 90 valence electrons. The highest BCUT2D eigenvalue weighted by atomic mass is 19.4. The van der Waals surface area contributed by atoms with Crippen molar-refractivity contribution in [2.24, 2.45) is 0 Å². The molecule has 1 aromatic rings. The number of aromatic nitrogens is 2. The summed E-state index contributed by atoms with van der Waals surface area (Å²) >= 11 is 0. The summed E-state index contributed by atoms with van der Waals surface area (Å²) in [4.78, 5) is 7.13. The van der Waals surface area contributed by atoms with Gasteiger partial charge in [-0.25, -0.2) is 0 Å². The summed E-state index contributed by atoms with van der Waals surface area (Å²) in [5.41, 5.74) is 0. The fraction of sp³-hybridized carbons (Fsp3) is 0.500. The van der Waals surface area contributed by atoms with Crippen LogP contribution < -0.4 is 14.2 Å². The maximum absolute atomic E-state index is 11.9. The van der Waals surface area contributed by atoms with E-state index in [9.17, 15) is 13.2 Å². The van der Waals surface area contributed by atoms with Gasteiger partial charge in [0.15, 0.2) is 6.61 Å². The molecule has 1 heterocycles. The maximum Gasteiger partial charge on any atom is 0.422 e. The predicted octanol–water partition coefficient (Wildman–Crippen LogP) is 1.43. The normalized spacial score (nSPS) is 11.1. The molecule has 0 radical (unpaired) electrons. The Hall–Kier alpha value is -1.73. The number of methoxy groups -OCH3 is 2. The van der Waals surface area contributed by atoms with E-state index in [0.717, 1.165) is 0 Å². The van der Waals surface area contributed by atoms with E-state index in [0.29, 0.717) is 0 Å². The Balaban J connectivity index is 2.79. The quantitative estimate of drug-likeness (QED) is 0.794. The number of hydrogen-bond donors (Lipinski definition) is 0. The Labute approximate surface area is 89.2 Å². The second kappa shape index (κ2) is 4.86. The van der Waals surface area contributed by atoms with Crippen molar-refractivity contribution < 1.29 is 27.4 Å². The zero-order valence-corrected chi connectivity index (χ0v) is 8.54. The predicted molar refractivity (Wildman–Crippen MR) is 46.7 cm³/mol. The first-order valence-corrected chi connectivity index (χ1v) is 4.11. The van der Waals surface area contributed by atoms with Gasteiger partial charge >= 0.3 is 12.2 Å². The lowest BCUT2D eigenvalue weighted by Gasteiger charge is -2.09. The van der Waals surface area contributed by atoms with Crippen molar-refractivity contribution in [1.82, 2.24) is 9.97 Å². The zero-order valence-electron chi connectivity index (χ0n) is 8.54. The van der Waals surface area contributed by atoms with Crippen molar-refractivity contribution in [1.29, 1.82) is 0 Å². The molecule has 16 heavy (non-hydrogen) atoms. The van der Waals surface area contributed by atoms with Gasteiger partial charge in [-0.3, -0.25) is 0 Å². The fourth-order valence-corrected chi connectivity index (χ4v) is 0.804. The molecule has 0 aliphatic heterocycles. The molecule has 0 aliphatic carbocycles. The van der Waals surface area contributed by atoms with Crippen LogP contribution in [0.15, 0.2) is 6.07 Å². The van der Waals surface area contributed by atoms with Gasteiger partial charge in [-0.2, -0.15) is 23.1 Å². The van der Waals surface area contributed by atoms with Crippen LogP contribution >= 0.6 is 0 Å². The minimum absolute atomic E-state index is 0.0593. The Morgan fingerprint density at radius 1 is 1.12 bits per heavy atom. The van der Waals surface area contributed by atoms with Gasteiger partial charge in [-0.05, 0) is 0 Å². The van der Waals surface area contributed by atoms with Gasteiger partial charge in [0, 0.05) is 0 Å². The molecule has 5 nitrogen and oxygen atoms in total.